The van der Waals surface area contributed by atoms with Crippen molar-refractivity contribution in [3.8, 4) is 17.2 Å². The normalized spacial score (nSPS) is 10.8. The van der Waals surface area contributed by atoms with E-state index in [1.165, 1.54) is 4.57 Å². The van der Waals surface area contributed by atoms with Crippen LogP contribution in [0, 0.1) is 16.4 Å². The summed E-state index contributed by atoms with van der Waals surface area (Å²) < 4.78 is 28.7. The van der Waals surface area contributed by atoms with Gasteiger partial charge in [0, 0.05) is 12.3 Å². The average molecular weight is 325 g/mol. The molecule has 0 atom stereocenters. The van der Waals surface area contributed by atoms with Crippen LogP contribution < -0.4 is 0 Å². The van der Waals surface area contributed by atoms with Gasteiger partial charge in [-0.15, -0.1) is 0 Å². The van der Waals surface area contributed by atoms with Crippen molar-refractivity contribution in [2.24, 2.45) is 0 Å². The van der Waals surface area contributed by atoms with Crippen LogP contribution in [0.1, 0.15) is 0 Å². The largest absolute Gasteiger partial charge is 0.262 e. The van der Waals surface area contributed by atoms with Crippen LogP contribution in [0.25, 0.3) is 17.2 Å². The lowest BCUT2D eigenvalue weighted by Crippen LogP contribution is -2.03. The van der Waals surface area contributed by atoms with Crippen molar-refractivity contribution >= 4 is 23.8 Å². The minimum absolute atomic E-state index is 0.0718. The molecule has 3 rings (SSSR count). The molecule has 106 valence electrons. The van der Waals surface area contributed by atoms with E-state index in [2.05, 4.69) is 15.2 Å². The SMILES string of the molecule is Fc1cc(F)c(-n2c(-c3ccccn3)n[nH]c2=S)c(Cl)c1. The quantitative estimate of drug-likeness (QED) is 0.727. The van der Waals surface area contributed by atoms with Gasteiger partial charge in [0.05, 0.1) is 5.02 Å². The highest BCUT2D eigenvalue weighted by atomic mass is 35.5. The van der Waals surface area contributed by atoms with Crippen LogP contribution in [0.3, 0.4) is 0 Å². The summed E-state index contributed by atoms with van der Waals surface area (Å²) in [5.74, 6) is -1.32. The lowest BCUT2D eigenvalue weighted by molar-refractivity contribution is 0.577. The minimum Gasteiger partial charge on any atom is -0.262 e. The van der Waals surface area contributed by atoms with Gasteiger partial charge < -0.3 is 0 Å². The number of H-pyrrole nitrogens is 1. The summed E-state index contributed by atoms with van der Waals surface area (Å²) in [5, 5.41) is 6.48. The highest BCUT2D eigenvalue weighted by Crippen LogP contribution is 2.28. The Hall–Kier alpha value is -2.12. The third kappa shape index (κ3) is 2.45. The van der Waals surface area contributed by atoms with Gasteiger partial charge in [0.15, 0.2) is 16.4 Å². The molecule has 0 bridgehead atoms. The fraction of sp³-hybridized carbons (Fsp3) is 0. The van der Waals surface area contributed by atoms with Crippen LogP contribution in [0.15, 0.2) is 36.5 Å². The molecule has 1 N–H and O–H groups in total. The van der Waals surface area contributed by atoms with Gasteiger partial charge in [-0.05, 0) is 30.4 Å². The molecular weight excluding hydrogens is 318 g/mol. The van der Waals surface area contributed by atoms with Gasteiger partial charge in [0.2, 0.25) is 0 Å². The maximum Gasteiger partial charge on any atom is 0.200 e. The van der Waals surface area contributed by atoms with E-state index in [1.807, 2.05) is 0 Å². The third-order valence-corrected chi connectivity index (χ3v) is 3.33. The number of aromatic nitrogens is 4. The molecule has 2 heterocycles. The maximum atomic E-state index is 14.1. The molecule has 0 fully saturated rings. The highest BCUT2D eigenvalue weighted by molar-refractivity contribution is 7.71. The zero-order valence-corrected chi connectivity index (χ0v) is 11.9. The number of pyridine rings is 1. The Morgan fingerprint density at radius 2 is 2.05 bits per heavy atom. The van der Waals surface area contributed by atoms with Gasteiger partial charge in [-0.25, -0.2) is 8.78 Å². The second-order valence-corrected chi connectivity index (χ2v) is 4.91. The summed E-state index contributed by atoms with van der Waals surface area (Å²) in [5.41, 5.74) is 0.405. The van der Waals surface area contributed by atoms with Crippen LogP contribution >= 0.6 is 23.8 Å². The monoisotopic (exact) mass is 324 g/mol. The Kier molecular flexibility index (Phi) is 3.52. The summed E-state index contributed by atoms with van der Waals surface area (Å²) in [6.07, 6.45) is 1.57. The summed E-state index contributed by atoms with van der Waals surface area (Å²) >= 11 is 11.1. The molecule has 3 aromatic rings. The standard InChI is InChI=1S/C13H7ClF2N4S/c14-8-5-7(15)6-9(16)11(8)20-12(18-19-13(20)21)10-3-1-2-4-17-10/h1-6H,(H,19,21). The molecule has 8 heteroatoms. The number of hydrogen-bond donors (Lipinski definition) is 1. The number of benzene rings is 1. The van der Waals surface area contributed by atoms with Gasteiger partial charge in [0.1, 0.15) is 17.2 Å². The van der Waals surface area contributed by atoms with Crippen molar-refractivity contribution in [3.05, 3.63) is 58.0 Å². The van der Waals surface area contributed by atoms with E-state index in [0.717, 1.165) is 12.1 Å². The number of nitrogens with zero attached hydrogens (tertiary/aromatic N) is 3. The predicted octanol–water partition coefficient (Wildman–Crippen LogP) is 3.92. The van der Waals surface area contributed by atoms with Crippen molar-refractivity contribution in [1.29, 1.82) is 0 Å². The summed E-state index contributed by atoms with van der Waals surface area (Å²) in [6.45, 7) is 0. The zero-order valence-electron chi connectivity index (χ0n) is 10.3. The Bertz CT molecular complexity index is 837. The zero-order chi connectivity index (χ0) is 15.0. The van der Waals surface area contributed by atoms with Gasteiger partial charge in [0.25, 0.3) is 0 Å². The first-order valence-corrected chi connectivity index (χ1v) is 6.60. The van der Waals surface area contributed by atoms with E-state index in [4.69, 9.17) is 23.8 Å². The van der Waals surface area contributed by atoms with Crippen LogP contribution in [0.2, 0.25) is 5.02 Å². The molecule has 0 saturated carbocycles. The van der Waals surface area contributed by atoms with Crippen LogP contribution in [-0.2, 0) is 0 Å². The van der Waals surface area contributed by atoms with Crippen molar-refractivity contribution in [1.82, 2.24) is 19.7 Å². The molecule has 0 spiro atoms. The molecule has 0 aliphatic heterocycles. The molecular formula is C13H7ClF2N4S. The molecule has 0 radical (unpaired) electrons. The molecule has 2 aromatic heterocycles. The van der Waals surface area contributed by atoms with E-state index in [9.17, 15) is 8.78 Å². The first-order valence-electron chi connectivity index (χ1n) is 5.81. The fourth-order valence-electron chi connectivity index (χ4n) is 1.92. The highest BCUT2D eigenvalue weighted by Gasteiger charge is 2.18. The lowest BCUT2D eigenvalue weighted by Gasteiger charge is -2.09. The smallest absolute Gasteiger partial charge is 0.200 e. The van der Waals surface area contributed by atoms with Gasteiger partial charge in [-0.3, -0.25) is 14.6 Å². The number of hydrogen-bond acceptors (Lipinski definition) is 3. The third-order valence-electron chi connectivity index (χ3n) is 2.77. The van der Waals surface area contributed by atoms with Crippen LogP contribution in [0.4, 0.5) is 8.78 Å². The molecule has 21 heavy (non-hydrogen) atoms. The first kappa shape index (κ1) is 13.8. The van der Waals surface area contributed by atoms with E-state index in [-0.39, 0.29) is 21.3 Å². The van der Waals surface area contributed by atoms with Crippen molar-refractivity contribution in [3.63, 3.8) is 0 Å². The molecule has 0 aliphatic carbocycles. The topological polar surface area (TPSA) is 46.5 Å². The molecule has 4 nitrogen and oxygen atoms in total. The first-order chi connectivity index (χ1) is 10.1. The Morgan fingerprint density at radius 1 is 1.24 bits per heavy atom. The van der Waals surface area contributed by atoms with E-state index in [0.29, 0.717) is 5.69 Å². The number of halogens is 3. The van der Waals surface area contributed by atoms with Gasteiger partial charge >= 0.3 is 0 Å². The summed E-state index contributed by atoms with van der Waals surface area (Å²) in [6, 6.07) is 6.93. The van der Waals surface area contributed by atoms with Crippen LogP contribution in [-0.4, -0.2) is 19.7 Å². The number of aromatic amines is 1. The van der Waals surface area contributed by atoms with Gasteiger partial charge in [-0.1, -0.05) is 17.7 Å². The lowest BCUT2D eigenvalue weighted by atomic mass is 10.2. The summed E-state index contributed by atoms with van der Waals surface area (Å²) in [7, 11) is 0. The second kappa shape index (κ2) is 5.34. The molecule has 1 aromatic carbocycles. The number of nitrogens with one attached hydrogen (secondary N) is 1. The van der Waals surface area contributed by atoms with Crippen molar-refractivity contribution in [2.75, 3.05) is 0 Å². The molecule has 0 amide bonds. The van der Waals surface area contributed by atoms with Crippen molar-refractivity contribution in [2.45, 2.75) is 0 Å². The van der Waals surface area contributed by atoms with E-state index in [1.54, 1.807) is 24.4 Å². The maximum absolute atomic E-state index is 14.1. The summed E-state index contributed by atoms with van der Waals surface area (Å²) in [4.78, 5) is 4.14. The predicted molar refractivity (Wildman–Crippen MR) is 76.9 cm³/mol. The average Bonchev–Trinajstić information content (AvgIpc) is 2.81. The van der Waals surface area contributed by atoms with E-state index < -0.39 is 11.6 Å². The minimum atomic E-state index is -0.838. The van der Waals surface area contributed by atoms with E-state index >= 15 is 0 Å². The van der Waals surface area contributed by atoms with Gasteiger partial charge in [-0.2, -0.15) is 5.10 Å². The Morgan fingerprint density at radius 3 is 2.71 bits per heavy atom. The van der Waals surface area contributed by atoms with Crippen molar-refractivity contribution < 1.29 is 8.78 Å². The fourth-order valence-corrected chi connectivity index (χ4v) is 2.42. The molecule has 0 aliphatic rings. The Balaban J connectivity index is 2.30. The van der Waals surface area contributed by atoms with Crippen LogP contribution in [0.5, 0.6) is 0 Å². The molecule has 0 saturated heterocycles. The Labute approximate surface area is 128 Å². The number of rotatable bonds is 2. The second-order valence-electron chi connectivity index (χ2n) is 4.12. The molecule has 0 unspecified atom stereocenters.